The highest BCUT2D eigenvalue weighted by molar-refractivity contribution is 5.60. The molecule has 0 fully saturated rings. The van der Waals surface area contributed by atoms with E-state index < -0.39 is 28.5 Å². The van der Waals surface area contributed by atoms with Gasteiger partial charge in [0.2, 0.25) is 0 Å². The average Bonchev–Trinajstić information content (AvgIpc) is 2.15. The lowest BCUT2D eigenvalue weighted by Gasteiger charge is -2.13. The van der Waals surface area contributed by atoms with Gasteiger partial charge in [0.15, 0.2) is 0 Å². The van der Waals surface area contributed by atoms with Gasteiger partial charge in [0.25, 0.3) is 0 Å². The fourth-order valence-electron chi connectivity index (χ4n) is 0.970. The molecular formula is C7H4F6N2. The minimum atomic E-state index is -4.92. The Kier molecular flexibility index (Phi) is 2.96. The van der Waals surface area contributed by atoms with Crippen LogP contribution in [0.3, 0.4) is 0 Å². The van der Waals surface area contributed by atoms with Crippen LogP contribution in [0, 0.1) is 0 Å². The maximum atomic E-state index is 12.2. The molecule has 1 aromatic rings. The molecule has 15 heavy (non-hydrogen) atoms. The number of alkyl halides is 3. The molecular weight excluding hydrogens is 226 g/mol. The van der Waals surface area contributed by atoms with Gasteiger partial charge in [0, 0.05) is 0 Å². The Balaban J connectivity index is 3.28. The van der Waals surface area contributed by atoms with Gasteiger partial charge in [0.05, 0.1) is 11.3 Å². The Labute approximate surface area is 79.9 Å². The summed E-state index contributed by atoms with van der Waals surface area (Å²) in [5, 5.41) is -1.72. The summed E-state index contributed by atoms with van der Waals surface area (Å²) < 4.78 is 72.4. The van der Waals surface area contributed by atoms with E-state index in [2.05, 4.69) is 0 Å². The predicted molar refractivity (Wildman–Crippen MR) is 40.9 cm³/mol. The lowest BCUT2D eigenvalue weighted by Crippen LogP contribution is -2.11. The molecule has 1 aromatic carbocycles. The first kappa shape index (κ1) is 11.5. The van der Waals surface area contributed by atoms with Gasteiger partial charge in [-0.25, -0.2) is 5.54 Å². The topological polar surface area (TPSA) is 15.3 Å². The van der Waals surface area contributed by atoms with Crippen LogP contribution >= 0.6 is 0 Å². The zero-order valence-corrected chi connectivity index (χ0v) is 6.95. The summed E-state index contributed by atoms with van der Waals surface area (Å²) in [7, 11) is 0. The summed E-state index contributed by atoms with van der Waals surface area (Å²) in [5.41, 5.74) is -2.46. The molecule has 0 saturated carbocycles. The van der Waals surface area contributed by atoms with Crippen LogP contribution in [-0.2, 0) is 6.18 Å². The Morgan fingerprint density at radius 1 is 1.13 bits per heavy atom. The van der Waals surface area contributed by atoms with Gasteiger partial charge < -0.3 is 0 Å². The van der Waals surface area contributed by atoms with E-state index in [0.717, 1.165) is 5.54 Å². The van der Waals surface area contributed by atoms with Crippen molar-refractivity contribution in [2.45, 2.75) is 6.18 Å². The van der Waals surface area contributed by atoms with Gasteiger partial charge in [-0.15, -0.1) is 4.48 Å². The van der Waals surface area contributed by atoms with E-state index in [1.807, 2.05) is 0 Å². The van der Waals surface area contributed by atoms with Crippen LogP contribution in [0.25, 0.3) is 0 Å². The number of rotatable bonds is 2. The van der Waals surface area contributed by atoms with Crippen LogP contribution in [0.2, 0.25) is 0 Å². The highest BCUT2D eigenvalue weighted by Crippen LogP contribution is 2.38. The van der Waals surface area contributed by atoms with E-state index in [4.69, 9.17) is 0 Å². The third-order valence-corrected chi connectivity index (χ3v) is 1.59. The van der Waals surface area contributed by atoms with E-state index in [0.29, 0.717) is 18.2 Å². The largest absolute Gasteiger partial charge is 0.418 e. The molecule has 0 radical (unpaired) electrons. The standard InChI is InChI=1S/C7H4F6N2/c8-7(9,10)5-2-1-4(14-11)3-6(5)15(12)13/h1-3,14H. The molecule has 0 aliphatic heterocycles. The van der Waals surface area contributed by atoms with Gasteiger partial charge in [-0.05, 0) is 23.5 Å². The van der Waals surface area contributed by atoms with Crippen molar-refractivity contribution < 1.29 is 26.6 Å². The summed E-state index contributed by atoms with van der Waals surface area (Å²) in [6.45, 7) is 0. The van der Waals surface area contributed by atoms with Gasteiger partial charge >= 0.3 is 6.18 Å². The summed E-state index contributed by atoms with van der Waals surface area (Å²) >= 11 is 0. The number of hydrogen-bond acceptors (Lipinski definition) is 2. The van der Waals surface area contributed by atoms with Crippen molar-refractivity contribution in [3.63, 3.8) is 0 Å². The SMILES string of the molecule is FNc1ccc(C(F)(F)F)c(N(F)F)c1. The van der Waals surface area contributed by atoms with Gasteiger partial charge in [0.1, 0.15) is 5.69 Å². The molecule has 1 rings (SSSR count). The number of benzene rings is 1. The predicted octanol–water partition coefficient (Wildman–Crippen LogP) is 3.58. The van der Waals surface area contributed by atoms with Crippen molar-refractivity contribution in [1.82, 2.24) is 0 Å². The van der Waals surface area contributed by atoms with E-state index in [9.17, 15) is 26.6 Å². The highest BCUT2D eigenvalue weighted by Gasteiger charge is 2.35. The Morgan fingerprint density at radius 2 is 1.73 bits per heavy atom. The fourth-order valence-corrected chi connectivity index (χ4v) is 0.970. The van der Waals surface area contributed by atoms with E-state index in [-0.39, 0.29) is 0 Å². The highest BCUT2D eigenvalue weighted by atomic mass is 19.4. The molecule has 0 aliphatic rings. The Bertz CT molecular complexity index is 348. The quantitative estimate of drug-likeness (QED) is 0.617. The number of halogens is 6. The molecule has 0 spiro atoms. The van der Waals surface area contributed by atoms with E-state index >= 15 is 0 Å². The maximum Gasteiger partial charge on any atom is 0.418 e. The zero-order chi connectivity index (χ0) is 11.6. The molecule has 0 heterocycles. The minimum absolute atomic E-state index is 0.350. The number of nitrogens with one attached hydrogen (secondary N) is 1. The van der Waals surface area contributed by atoms with Crippen LogP contribution in [0.4, 0.5) is 38.0 Å². The first-order valence-corrected chi connectivity index (χ1v) is 3.56. The Morgan fingerprint density at radius 3 is 2.13 bits per heavy atom. The molecule has 8 heteroatoms. The third-order valence-electron chi connectivity index (χ3n) is 1.59. The first-order chi connectivity index (χ1) is 6.86. The fraction of sp³-hybridized carbons (Fsp3) is 0.143. The maximum absolute atomic E-state index is 12.2. The molecule has 0 aromatic heterocycles. The van der Waals surface area contributed by atoms with Gasteiger partial charge in [-0.1, -0.05) is 8.96 Å². The minimum Gasteiger partial charge on any atom is -0.224 e. The molecule has 0 bridgehead atoms. The van der Waals surface area contributed by atoms with E-state index in [1.54, 1.807) is 0 Å². The monoisotopic (exact) mass is 230 g/mol. The van der Waals surface area contributed by atoms with Crippen molar-refractivity contribution in [3.8, 4) is 0 Å². The van der Waals surface area contributed by atoms with Crippen molar-refractivity contribution >= 4 is 11.4 Å². The van der Waals surface area contributed by atoms with E-state index in [1.165, 1.54) is 0 Å². The van der Waals surface area contributed by atoms with Crippen LogP contribution in [-0.4, -0.2) is 0 Å². The van der Waals surface area contributed by atoms with Crippen molar-refractivity contribution in [2.24, 2.45) is 0 Å². The normalized spacial score (nSPS) is 11.3. The molecule has 2 nitrogen and oxygen atoms in total. The second-order valence-electron chi connectivity index (χ2n) is 2.56. The lowest BCUT2D eigenvalue weighted by molar-refractivity contribution is -0.137. The van der Waals surface area contributed by atoms with Gasteiger partial charge in [-0.2, -0.15) is 13.2 Å². The van der Waals surface area contributed by atoms with Crippen LogP contribution < -0.4 is 10.9 Å². The number of anilines is 2. The summed E-state index contributed by atoms with van der Waals surface area (Å²) in [6, 6.07) is 1.42. The van der Waals surface area contributed by atoms with Crippen LogP contribution in [0.5, 0.6) is 0 Å². The first-order valence-electron chi connectivity index (χ1n) is 3.56. The number of hydrogen-bond donors (Lipinski definition) is 1. The second-order valence-corrected chi connectivity index (χ2v) is 2.56. The third kappa shape index (κ3) is 2.45. The average molecular weight is 230 g/mol. The van der Waals surface area contributed by atoms with Crippen molar-refractivity contribution in [1.29, 1.82) is 0 Å². The summed E-state index contributed by atoms with van der Waals surface area (Å²) in [4.78, 5) is 0. The van der Waals surface area contributed by atoms with Crippen molar-refractivity contribution in [2.75, 3.05) is 10.9 Å². The molecule has 0 aliphatic carbocycles. The second kappa shape index (κ2) is 3.87. The number of nitrogens with zero attached hydrogens (tertiary/aromatic N) is 1. The Hall–Kier alpha value is -1.60. The van der Waals surface area contributed by atoms with Crippen LogP contribution in [0.15, 0.2) is 18.2 Å². The van der Waals surface area contributed by atoms with Crippen LogP contribution in [0.1, 0.15) is 5.56 Å². The van der Waals surface area contributed by atoms with Crippen molar-refractivity contribution in [3.05, 3.63) is 23.8 Å². The molecule has 0 amide bonds. The summed E-state index contributed by atoms with van der Waals surface area (Å²) in [5.74, 6) is 0. The molecule has 1 N–H and O–H groups in total. The molecule has 0 saturated heterocycles. The van der Waals surface area contributed by atoms with Gasteiger partial charge in [-0.3, -0.25) is 0 Å². The zero-order valence-electron chi connectivity index (χ0n) is 6.95. The summed E-state index contributed by atoms with van der Waals surface area (Å²) in [6.07, 6.45) is -4.92. The molecule has 84 valence electrons. The molecule has 0 atom stereocenters. The molecule has 0 unspecified atom stereocenters. The lowest BCUT2D eigenvalue weighted by atomic mass is 10.1. The smallest absolute Gasteiger partial charge is 0.224 e.